The molecule has 2 aromatic rings. The van der Waals surface area contributed by atoms with E-state index >= 15 is 0 Å². The van der Waals surface area contributed by atoms with E-state index < -0.39 is 0 Å². The number of rotatable bonds is 6. The van der Waals surface area contributed by atoms with Crippen molar-refractivity contribution < 1.29 is 4.79 Å². The van der Waals surface area contributed by atoms with Crippen LogP contribution >= 0.6 is 12.4 Å². The van der Waals surface area contributed by atoms with Gasteiger partial charge in [-0.25, -0.2) is 0 Å². The Hall–Kier alpha value is -1.52. The molecule has 0 fully saturated rings. The molecule has 0 saturated carbocycles. The summed E-state index contributed by atoms with van der Waals surface area (Å²) in [4.78, 5) is 11.7. The normalized spacial score (nSPS) is 10.3. The Bertz CT molecular complexity index is 565. The Morgan fingerprint density at radius 2 is 2.15 bits per heavy atom. The van der Waals surface area contributed by atoms with Crippen molar-refractivity contribution in [1.82, 2.24) is 4.57 Å². The summed E-state index contributed by atoms with van der Waals surface area (Å²) in [7, 11) is 0. The van der Waals surface area contributed by atoms with Gasteiger partial charge in [-0.15, -0.1) is 12.4 Å². The average molecular weight is 296 g/mol. The second-order valence-electron chi connectivity index (χ2n) is 4.72. The molecule has 1 heterocycles. The Kier molecular flexibility index (Phi) is 6.55. The lowest BCUT2D eigenvalue weighted by molar-refractivity contribution is -0.116. The van der Waals surface area contributed by atoms with E-state index in [2.05, 4.69) is 29.1 Å². The molecule has 0 unspecified atom stereocenters. The SMILES string of the molecule is CCCn1ccc2ccc(NC(=O)CCCN)cc21.Cl. The van der Waals surface area contributed by atoms with Crippen LogP contribution in [-0.2, 0) is 11.3 Å². The monoisotopic (exact) mass is 295 g/mol. The number of benzene rings is 1. The van der Waals surface area contributed by atoms with Crippen LogP contribution in [0.15, 0.2) is 30.5 Å². The van der Waals surface area contributed by atoms with E-state index in [1.807, 2.05) is 18.2 Å². The standard InChI is InChI=1S/C15H21N3O.ClH/c1-2-9-18-10-7-12-5-6-13(11-14(12)18)17-15(19)4-3-8-16;/h5-7,10-11H,2-4,8-9,16H2,1H3,(H,17,19);1H. The number of nitrogens with two attached hydrogens (primary N) is 1. The maximum absolute atomic E-state index is 11.7. The van der Waals surface area contributed by atoms with Crippen molar-refractivity contribution in [3.05, 3.63) is 30.5 Å². The Morgan fingerprint density at radius 3 is 2.85 bits per heavy atom. The maximum atomic E-state index is 11.7. The summed E-state index contributed by atoms with van der Waals surface area (Å²) in [6.07, 6.45) is 4.38. The van der Waals surface area contributed by atoms with Crippen molar-refractivity contribution in [2.45, 2.75) is 32.7 Å². The average Bonchev–Trinajstić information content (AvgIpc) is 2.80. The molecule has 2 rings (SSSR count). The van der Waals surface area contributed by atoms with Gasteiger partial charge in [-0.3, -0.25) is 4.79 Å². The highest BCUT2D eigenvalue weighted by Crippen LogP contribution is 2.21. The number of anilines is 1. The summed E-state index contributed by atoms with van der Waals surface area (Å²) in [6, 6.07) is 8.12. The van der Waals surface area contributed by atoms with Crippen LogP contribution in [0.4, 0.5) is 5.69 Å². The molecule has 20 heavy (non-hydrogen) atoms. The number of aryl methyl sites for hydroxylation is 1. The largest absolute Gasteiger partial charge is 0.347 e. The zero-order valence-corrected chi connectivity index (χ0v) is 12.6. The number of fused-ring (bicyclic) bond motifs is 1. The molecule has 0 atom stereocenters. The van der Waals surface area contributed by atoms with Gasteiger partial charge in [-0.05, 0) is 43.0 Å². The minimum Gasteiger partial charge on any atom is -0.347 e. The second kappa shape index (κ2) is 7.92. The number of aromatic nitrogens is 1. The van der Waals surface area contributed by atoms with Crippen molar-refractivity contribution in [3.8, 4) is 0 Å². The first-order valence-electron chi connectivity index (χ1n) is 6.83. The van der Waals surface area contributed by atoms with Gasteiger partial charge in [0.05, 0.1) is 5.52 Å². The van der Waals surface area contributed by atoms with E-state index in [9.17, 15) is 4.79 Å². The molecule has 1 aromatic heterocycles. The minimum absolute atomic E-state index is 0. The van der Waals surface area contributed by atoms with Crippen LogP contribution in [0.3, 0.4) is 0 Å². The molecule has 3 N–H and O–H groups in total. The van der Waals surface area contributed by atoms with E-state index in [1.165, 1.54) is 10.9 Å². The molecule has 4 nitrogen and oxygen atoms in total. The fourth-order valence-electron chi connectivity index (χ4n) is 2.18. The van der Waals surface area contributed by atoms with Crippen LogP contribution in [0, 0.1) is 0 Å². The lowest BCUT2D eigenvalue weighted by Crippen LogP contribution is -2.13. The van der Waals surface area contributed by atoms with Crippen molar-refractivity contribution in [2.24, 2.45) is 5.73 Å². The zero-order valence-electron chi connectivity index (χ0n) is 11.8. The van der Waals surface area contributed by atoms with Crippen LogP contribution in [0.1, 0.15) is 26.2 Å². The molecular weight excluding hydrogens is 274 g/mol. The highest BCUT2D eigenvalue weighted by molar-refractivity contribution is 5.93. The Balaban J connectivity index is 0.00000200. The van der Waals surface area contributed by atoms with Crippen molar-refractivity contribution in [1.29, 1.82) is 0 Å². The minimum atomic E-state index is 0. The molecule has 0 spiro atoms. The number of halogens is 1. The molecule has 1 amide bonds. The van der Waals surface area contributed by atoms with E-state index in [0.29, 0.717) is 13.0 Å². The fourth-order valence-corrected chi connectivity index (χ4v) is 2.18. The van der Waals surface area contributed by atoms with E-state index in [1.54, 1.807) is 0 Å². The summed E-state index contributed by atoms with van der Waals surface area (Å²) in [6.45, 7) is 3.70. The molecule has 110 valence electrons. The molecule has 0 aliphatic carbocycles. The summed E-state index contributed by atoms with van der Waals surface area (Å²) < 4.78 is 2.21. The van der Waals surface area contributed by atoms with Gasteiger partial charge < -0.3 is 15.6 Å². The van der Waals surface area contributed by atoms with Crippen molar-refractivity contribution in [2.75, 3.05) is 11.9 Å². The number of carbonyl (C=O) groups is 1. The molecule has 0 aliphatic heterocycles. The van der Waals surface area contributed by atoms with Gasteiger partial charge in [0.1, 0.15) is 0 Å². The lowest BCUT2D eigenvalue weighted by atomic mass is 10.2. The quantitative estimate of drug-likeness (QED) is 0.860. The number of hydrogen-bond donors (Lipinski definition) is 2. The van der Waals surface area contributed by atoms with Crippen LogP contribution in [-0.4, -0.2) is 17.0 Å². The van der Waals surface area contributed by atoms with Gasteiger partial charge in [-0.2, -0.15) is 0 Å². The van der Waals surface area contributed by atoms with Crippen LogP contribution < -0.4 is 11.1 Å². The van der Waals surface area contributed by atoms with Gasteiger partial charge >= 0.3 is 0 Å². The molecule has 1 aromatic carbocycles. The number of hydrogen-bond acceptors (Lipinski definition) is 2. The second-order valence-corrected chi connectivity index (χ2v) is 4.72. The van der Waals surface area contributed by atoms with Crippen molar-refractivity contribution >= 4 is 34.9 Å². The highest BCUT2D eigenvalue weighted by atomic mass is 35.5. The number of nitrogens with one attached hydrogen (secondary N) is 1. The highest BCUT2D eigenvalue weighted by Gasteiger charge is 2.05. The summed E-state index contributed by atoms with van der Waals surface area (Å²) >= 11 is 0. The van der Waals surface area contributed by atoms with Crippen LogP contribution in [0.2, 0.25) is 0 Å². The topological polar surface area (TPSA) is 60.0 Å². The van der Waals surface area contributed by atoms with E-state index in [4.69, 9.17) is 5.73 Å². The Labute approximate surface area is 125 Å². The molecule has 0 aliphatic rings. The first-order chi connectivity index (χ1) is 9.24. The smallest absolute Gasteiger partial charge is 0.224 e. The van der Waals surface area contributed by atoms with E-state index in [0.717, 1.165) is 25.1 Å². The van der Waals surface area contributed by atoms with E-state index in [-0.39, 0.29) is 18.3 Å². The van der Waals surface area contributed by atoms with Gasteiger partial charge in [-0.1, -0.05) is 13.0 Å². The molecule has 0 bridgehead atoms. The number of nitrogens with zero attached hydrogens (tertiary/aromatic N) is 1. The first kappa shape index (κ1) is 16.5. The Morgan fingerprint density at radius 1 is 1.35 bits per heavy atom. The van der Waals surface area contributed by atoms with Crippen LogP contribution in [0.5, 0.6) is 0 Å². The third kappa shape index (κ3) is 3.99. The molecular formula is C15H22ClN3O. The summed E-state index contributed by atoms with van der Waals surface area (Å²) in [5, 5.41) is 4.12. The lowest BCUT2D eigenvalue weighted by Gasteiger charge is -2.07. The summed E-state index contributed by atoms with van der Waals surface area (Å²) in [5.41, 5.74) is 7.42. The predicted molar refractivity (Wildman–Crippen MR) is 86.4 cm³/mol. The zero-order chi connectivity index (χ0) is 13.7. The van der Waals surface area contributed by atoms with Crippen molar-refractivity contribution in [3.63, 3.8) is 0 Å². The van der Waals surface area contributed by atoms with Gasteiger partial charge in [0.15, 0.2) is 0 Å². The predicted octanol–water partition coefficient (Wildman–Crippen LogP) is 3.15. The molecule has 0 radical (unpaired) electrons. The number of carbonyl (C=O) groups excluding carboxylic acids is 1. The van der Waals surface area contributed by atoms with Gasteiger partial charge in [0.25, 0.3) is 0 Å². The first-order valence-corrected chi connectivity index (χ1v) is 6.83. The maximum Gasteiger partial charge on any atom is 0.224 e. The third-order valence-electron chi connectivity index (χ3n) is 3.13. The van der Waals surface area contributed by atoms with Gasteiger partial charge in [0, 0.05) is 24.8 Å². The summed E-state index contributed by atoms with van der Waals surface area (Å²) in [5.74, 6) is 0.0263. The molecule has 0 saturated heterocycles. The third-order valence-corrected chi connectivity index (χ3v) is 3.13. The number of amides is 1. The van der Waals surface area contributed by atoms with Gasteiger partial charge in [0.2, 0.25) is 5.91 Å². The molecule has 5 heteroatoms. The fraction of sp³-hybridized carbons (Fsp3) is 0.400. The van der Waals surface area contributed by atoms with Crippen LogP contribution in [0.25, 0.3) is 10.9 Å².